The van der Waals surface area contributed by atoms with Crippen molar-refractivity contribution in [3.05, 3.63) is 35.6 Å². The van der Waals surface area contributed by atoms with Crippen LogP contribution in [0.2, 0.25) is 0 Å². The third-order valence-electron chi connectivity index (χ3n) is 1.36. The van der Waals surface area contributed by atoms with E-state index in [1.807, 2.05) is 0 Å². The summed E-state index contributed by atoms with van der Waals surface area (Å²) in [6, 6.07) is 7.04. The van der Waals surface area contributed by atoms with Gasteiger partial charge in [0, 0.05) is 6.07 Å². The standard InChI is InChI=1S/C9H10FO/c1-7(11)5-8-3-2-4-9(10)6-8/h2-3,6-7,11H,5H2,1H3. The molecule has 1 atom stereocenters. The first-order valence-corrected chi connectivity index (χ1v) is 3.52. The van der Waals surface area contributed by atoms with E-state index in [0.29, 0.717) is 6.42 Å². The lowest BCUT2D eigenvalue weighted by atomic mass is 10.1. The third-order valence-corrected chi connectivity index (χ3v) is 1.36. The first-order chi connectivity index (χ1) is 5.18. The summed E-state index contributed by atoms with van der Waals surface area (Å²) in [5.41, 5.74) is 0.802. The molecule has 0 fully saturated rings. The smallest absolute Gasteiger partial charge is 0.131 e. The normalized spacial score (nSPS) is 13.0. The van der Waals surface area contributed by atoms with Crippen molar-refractivity contribution < 1.29 is 9.50 Å². The highest BCUT2D eigenvalue weighted by molar-refractivity contribution is 5.15. The molecule has 0 heterocycles. The number of hydrogen-bond donors (Lipinski definition) is 1. The van der Waals surface area contributed by atoms with Gasteiger partial charge >= 0.3 is 0 Å². The fraction of sp³-hybridized carbons (Fsp3) is 0.333. The second-order valence-electron chi connectivity index (χ2n) is 2.60. The van der Waals surface area contributed by atoms with E-state index in [-0.39, 0.29) is 5.82 Å². The maximum atomic E-state index is 12.5. The number of rotatable bonds is 2. The first-order valence-electron chi connectivity index (χ1n) is 3.52. The maximum absolute atomic E-state index is 12.5. The fourth-order valence-electron chi connectivity index (χ4n) is 0.949. The number of hydrogen-bond acceptors (Lipinski definition) is 1. The Kier molecular flexibility index (Phi) is 2.60. The van der Waals surface area contributed by atoms with Gasteiger partial charge in [-0.05, 0) is 25.0 Å². The second-order valence-corrected chi connectivity index (χ2v) is 2.60. The van der Waals surface area contributed by atoms with Crippen molar-refractivity contribution in [2.75, 3.05) is 0 Å². The highest BCUT2D eigenvalue weighted by Gasteiger charge is 1.99. The molecule has 0 aliphatic rings. The topological polar surface area (TPSA) is 20.2 Å². The van der Waals surface area contributed by atoms with Crippen LogP contribution < -0.4 is 0 Å². The largest absolute Gasteiger partial charge is 0.393 e. The molecule has 0 aliphatic heterocycles. The Balaban J connectivity index is 2.71. The highest BCUT2D eigenvalue weighted by Crippen LogP contribution is 2.05. The van der Waals surface area contributed by atoms with Crippen molar-refractivity contribution in [2.24, 2.45) is 0 Å². The van der Waals surface area contributed by atoms with Gasteiger partial charge in [0.15, 0.2) is 0 Å². The molecule has 2 heteroatoms. The van der Waals surface area contributed by atoms with E-state index in [1.165, 1.54) is 12.1 Å². The van der Waals surface area contributed by atoms with Crippen molar-refractivity contribution in [2.45, 2.75) is 19.4 Å². The summed E-state index contributed by atoms with van der Waals surface area (Å²) in [6.45, 7) is 1.68. The molecule has 0 saturated heterocycles. The quantitative estimate of drug-likeness (QED) is 0.683. The SMILES string of the molecule is CC(O)Cc1cc[c]c(F)c1. The van der Waals surface area contributed by atoms with Crippen LogP contribution in [0.15, 0.2) is 18.2 Å². The van der Waals surface area contributed by atoms with Gasteiger partial charge in [0.2, 0.25) is 0 Å². The minimum absolute atomic E-state index is 0.372. The van der Waals surface area contributed by atoms with Crippen LogP contribution >= 0.6 is 0 Å². The fourth-order valence-corrected chi connectivity index (χ4v) is 0.949. The highest BCUT2D eigenvalue weighted by atomic mass is 19.1. The molecular weight excluding hydrogens is 143 g/mol. The summed E-state index contributed by atoms with van der Waals surface area (Å²) in [5.74, 6) is -0.372. The first kappa shape index (κ1) is 8.21. The van der Waals surface area contributed by atoms with Gasteiger partial charge < -0.3 is 5.11 Å². The maximum Gasteiger partial charge on any atom is 0.131 e. The molecule has 0 bridgehead atoms. The molecule has 1 aromatic rings. The van der Waals surface area contributed by atoms with E-state index in [0.717, 1.165) is 5.56 Å². The number of benzene rings is 1. The second kappa shape index (κ2) is 3.49. The van der Waals surface area contributed by atoms with E-state index in [9.17, 15) is 4.39 Å². The molecule has 1 unspecified atom stereocenters. The van der Waals surface area contributed by atoms with E-state index in [4.69, 9.17) is 5.11 Å². The molecule has 1 radical (unpaired) electrons. The Hall–Kier alpha value is -0.890. The van der Waals surface area contributed by atoms with Crippen LogP contribution in [0.5, 0.6) is 0 Å². The summed E-state index contributed by atoms with van der Waals surface area (Å²) in [4.78, 5) is 0. The van der Waals surface area contributed by atoms with Crippen molar-refractivity contribution in [1.29, 1.82) is 0 Å². The molecular formula is C9H10FO. The van der Waals surface area contributed by atoms with E-state index >= 15 is 0 Å². The average Bonchev–Trinajstić information content (AvgIpc) is 1.85. The molecule has 1 rings (SSSR count). The van der Waals surface area contributed by atoms with Crippen LogP contribution in [0.1, 0.15) is 12.5 Å². The Bertz CT molecular complexity index is 233. The lowest BCUT2D eigenvalue weighted by molar-refractivity contribution is 0.195. The summed E-state index contributed by atoms with van der Waals surface area (Å²) in [5, 5.41) is 8.96. The molecule has 0 spiro atoms. The van der Waals surface area contributed by atoms with Crippen molar-refractivity contribution in [1.82, 2.24) is 0 Å². The Morgan fingerprint density at radius 1 is 1.73 bits per heavy atom. The third kappa shape index (κ3) is 2.68. The van der Waals surface area contributed by atoms with Crippen LogP contribution in [0.4, 0.5) is 4.39 Å². The van der Waals surface area contributed by atoms with Gasteiger partial charge in [-0.1, -0.05) is 12.1 Å². The molecule has 0 aromatic heterocycles. The van der Waals surface area contributed by atoms with E-state index in [1.54, 1.807) is 13.0 Å². The molecule has 0 saturated carbocycles. The zero-order chi connectivity index (χ0) is 8.27. The zero-order valence-electron chi connectivity index (χ0n) is 6.34. The van der Waals surface area contributed by atoms with Gasteiger partial charge in [-0.3, -0.25) is 0 Å². The van der Waals surface area contributed by atoms with Crippen LogP contribution in [0, 0.1) is 11.9 Å². The van der Waals surface area contributed by atoms with Gasteiger partial charge in [0.25, 0.3) is 0 Å². The monoisotopic (exact) mass is 153 g/mol. The molecule has 1 aromatic carbocycles. The molecule has 59 valence electrons. The predicted octanol–water partition coefficient (Wildman–Crippen LogP) is 1.55. The van der Waals surface area contributed by atoms with Crippen LogP contribution in [-0.2, 0) is 6.42 Å². The Labute approximate surface area is 65.5 Å². The van der Waals surface area contributed by atoms with Crippen LogP contribution in [0.25, 0.3) is 0 Å². The Morgan fingerprint density at radius 2 is 2.45 bits per heavy atom. The molecule has 11 heavy (non-hydrogen) atoms. The van der Waals surface area contributed by atoms with Gasteiger partial charge in [-0.2, -0.15) is 0 Å². The van der Waals surface area contributed by atoms with Crippen molar-refractivity contribution >= 4 is 0 Å². The molecule has 0 aliphatic carbocycles. The van der Waals surface area contributed by atoms with Gasteiger partial charge in [0.1, 0.15) is 5.82 Å². The molecule has 0 amide bonds. The molecule has 1 nitrogen and oxygen atoms in total. The van der Waals surface area contributed by atoms with Crippen molar-refractivity contribution in [3.63, 3.8) is 0 Å². The number of aliphatic hydroxyl groups excluding tert-OH is 1. The number of halogens is 1. The van der Waals surface area contributed by atoms with Crippen LogP contribution in [-0.4, -0.2) is 11.2 Å². The van der Waals surface area contributed by atoms with Gasteiger partial charge in [-0.15, -0.1) is 0 Å². The lowest BCUT2D eigenvalue weighted by Gasteiger charge is -2.02. The van der Waals surface area contributed by atoms with E-state index < -0.39 is 6.10 Å². The summed E-state index contributed by atoms with van der Waals surface area (Å²) >= 11 is 0. The number of aliphatic hydroxyl groups is 1. The minimum atomic E-state index is -0.420. The summed E-state index contributed by atoms with van der Waals surface area (Å²) < 4.78 is 12.5. The predicted molar refractivity (Wildman–Crippen MR) is 40.6 cm³/mol. The average molecular weight is 153 g/mol. The zero-order valence-corrected chi connectivity index (χ0v) is 6.34. The van der Waals surface area contributed by atoms with Crippen molar-refractivity contribution in [3.8, 4) is 0 Å². The minimum Gasteiger partial charge on any atom is -0.393 e. The lowest BCUT2D eigenvalue weighted by Crippen LogP contribution is -2.03. The van der Waals surface area contributed by atoms with Gasteiger partial charge in [0.05, 0.1) is 6.10 Å². The summed E-state index contributed by atoms with van der Waals surface area (Å²) in [6.07, 6.45) is 0.0720. The van der Waals surface area contributed by atoms with E-state index in [2.05, 4.69) is 6.07 Å². The Morgan fingerprint density at radius 3 is 3.00 bits per heavy atom. The van der Waals surface area contributed by atoms with Gasteiger partial charge in [-0.25, -0.2) is 4.39 Å². The molecule has 1 N–H and O–H groups in total. The van der Waals surface area contributed by atoms with Crippen LogP contribution in [0.3, 0.4) is 0 Å². The summed E-state index contributed by atoms with van der Waals surface area (Å²) in [7, 11) is 0.